The van der Waals surface area contributed by atoms with Gasteiger partial charge in [0.1, 0.15) is 5.82 Å². The van der Waals surface area contributed by atoms with Crippen LogP contribution in [0.5, 0.6) is 0 Å². The van der Waals surface area contributed by atoms with E-state index in [1.54, 1.807) is 4.90 Å². The smallest absolute Gasteiger partial charge is 0.237 e. The fourth-order valence-electron chi connectivity index (χ4n) is 3.89. The Morgan fingerprint density at radius 1 is 1.13 bits per heavy atom. The SMILES string of the molecule is C[C@@H]1CC(=O)Nc2ccccc2N1C(=O)CSc1nc(C2CC2)n(-c2ccccc2)n1. The molecule has 0 spiro atoms. The third kappa shape index (κ3) is 4.07. The van der Waals surface area contributed by atoms with Gasteiger partial charge in [-0.1, -0.05) is 42.1 Å². The molecule has 0 bridgehead atoms. The van der Waals surface area contributed by atoms with Crippen LogP contribution in [0.2, 0.25) is 0 Å². The molecule has 1 aliphatic carbocycles. The number of nitrogens with one attached hydrogen (secondary N) is 1. The third-order valence-electron chi connectivity index (χ3n) is 5.51. The van der Waals surface area contributed by atoms with E-state index < -0.39 is 0 Å². The molecule has 2 aromatic carbocycles. The number of hydrogen-bond donors (Lipinski definition) is 1. The van der Waals surface area contributed by atoms with Crippen LogP contribution in [0.25, 0.3) is 5.69 Å². The molecule has 3 aromatic rings. The van der Waals surface area contributed by atoms with E-state index in [1.165, 1.54) is 11.8 Å². The first-order chi connectivity index (χ1) is 15.1. The van der Waals surface area contributed by atoms with Gasteiger partial charge < -0.3 is 10.2 Å². The average molecular weight is 434 g/mol. The van der Waals surface area contributed by atoms with E-state index in [1.807, 2.05) is 66.2 Å². The van der Waals surface area contributed by atoms with Crippen molar-refractivity contribution in [2.75, 3.05) is 16.0 Å². The summed E-state index contributed by atoms with van der Waals surface area (Å²) in [5.41, 5.74) is 2.38. The van der Waals surface area contributed by atoms with E-state index in [4.69, 9.17) is 4.98 Å². The molecule has 8 heteroatoms. The summed E-state index contributed by atoms with van der Waals surface area (Å²) in [7, 11) is 0. The van der Waals surface area contributed by atoms with E-state index in [0.717, 1.165) is 30.0 Å². The molecule has 7 nitrogen and oxygen atoms in total. The van der Waals surface area contributed by atoms with Crippen LogP contribution in [-0.2, 0) is 9.59 Å². The summed E-state index contributed by atoms with van der Waals surface area (Å²) in [6.45, 7) is 1.90. The maximum Gasteiger partial charge on any atom is 0.237 e. The largest absolute Gasteiger partial charge is 0.324 e. The normalized spacial score (nSPS) is 18.3. The summed E-state index contributed by atoms with van der Waals surface area (Å²) in [5.74, 6) is 1.46. The molecule has 0 saturated heterocycles. The highest BCUT2D eigenvalue weighted by Crippen LogP contribution is 2.40. The van der Waals surface area contributed by atoms with Gasteiger partial charge in [-0.2, -0.15) is 0 Å². The molecular weight excluding hydrogens is 410 g/mol. The molecule has 31 heavy (non-hydrogen) atoms. The lowest BCUT2D eigenvalue weighted by molar-refractivity contribution is -0.117. The Morgan fingerprint density at radius 3 is 2.65 bits per heavy atom. The van der Waals surface area contributed by atoms with Crippen molar-refractivity contribution >= 4 is 35.0 Å². The molecule has 5 rings (SSSR count). The first kappa shape index (κ1) is 19.8. The van der Waals surface area contributed by atoms with E-state index in [-0.39, 0.29) is 30.0 Å². The van der Waals surface area contributed by atoms with Gasteiger partial charge >= 0.3 is 0 Å². The summed E-state index contributed by atoms with van der Waals surface area (Å²) in [5, 5.41) is 8.18. The highest BCUT2D eigenvalue weighted by atomic mass is 32.2. The minimum absolute atomic E-state index is 0.0644. The molecule has 1 aliphatic heterocycles. The number of anilines is 2. The van der Waals surface area contributed by atoms with Gasteiger partial charge in [0.05, 0.1) is 22.8 Å². The maximum atomic E-state index is 13.2. The van der Waals surface area contributed by atoms with E-state index >= 15 is 0 Å². The summed E-state index contributed by atoms with van der Waals surface area (Å²) >= 11 is 1.34. The highest BCUT2D eigenvalue weighted by Gasteiger charge is 2.32. The number of carbonyl (C=O) groups excluding carboxylic acids is 2. The summed E-state index contributed by atoms with van der Waals surface area (Å²) in [6.07, 6.45) is 2.51. The number of amides is 2. The van der Waals surface area contributed by atoms with E-state index in [9.17, 15) is 9.59 Å². The molecule has 1 N–H and O–H groups in total. The van der Waals surface area contributed by atoms with Crippen molar-refractivity contribution in [3.05, 3.63) is 60.4 Å². The zero-order valence-corrected chi connectivity index (χ0v) is 18.0. The number of nitrogens with zero attached hydrogens (tertiary/aromatic N) is 4. The molecule has 0 radical (unpaired) electrons. The van der Waals surface area contributed by atoms with Gasteiger partial charge in [-0.15, -0.1) is 5.10 Å². The fraction of sp³-hybridized carbons (Fsp3) is 0.304. The number of thioether (sulfide) groups is 1. The average Bonchev–Trinajstić information content (AvgIpc) is 3.54. The highest BCUT2D eigenvalue weighted by molar-refractivity contribution is 7.99. The number of para-hydroxylation sites is 3. The number of benzene rings is 2. The topological polar surface area (TPSA) is 80.1 Å². The number of rotatable bonds is 5. The Labute approximate surface area is 184 Å². The zero-order valence-electron chi connectivity index (χ0n) is 17.2. The van der Waals surface area contributed by atoms with Crippen LogP contribution in [0.1, 0.15) is 37.9 Å². The lowest BCUT2D eigenvalue weighted by Crippen LogP contribution is -2.40. The van der Waals surface area contributed by atoms with Crippen molar-refractivity contribution < 1.29 is 9.59 Å². The van der Waals surface area contributed by atoms with Gasteiger partial charge in [0.25, 0.3) is 0 Å². The van der Waals surface area contributed by atoms with Crippen LogP contribution in [-0.4, -0.2) is 38.4 Å². The first-order valence-electron chi connectivity index (χ1n) is 10.5. The summed E-state index contributed by atoms with van der Waals surface area (Å²) in [4.78, 5) is 31.8. The lowest BCUT2D eigenvalue weighted by Gasteiger charge is -2.27. The Kier molecular flexibility index (Phi) is 5.23. The molecule has 1 saturated carbocycles. The van der Waals surface area contributed by atoms with Crippen molar-refractivity contribution in [2.45, 2.75) is 43.3 Å². The predicted molar refractivity (Wildman–Crippen MR) is 121 cm³/mol. The van der Waals surface area contributed by atoms with E-state index in [2.05, 4.69) is 10.4 Å². The van der Waals surface area contributed by atoms with Crippen molar-refractivity contribution in [1.29, 1.82) is 0 Å². The Bertz CT molecular complexity index is 1130. The molecule has 2 amide bonds. The first-order valence-corrected chi connectivity index (χ1v) is 11.4. The molecule has 0 unspecified atom stereocenters. The van der Waals surface area contributed by atoms with Crippen molar-refractivity contribution in [3.63, 3.8) is 0 Å². The molecular formula is C23H23N5O2S. The molecule has 2 heterocycles. The molecule has 158 valence electrons. The third-order valence-corrected chi connectivity index (χ3v) is 6.33. The predicted octanol–water partition coefficient (Wildman–Crippen LogP) is 4.00. The van der Waals surface area contributed by atoms with Crippen LogP contribution < -0.4 is 10.2 Å². The van der Waals surface area contributed by atoms with Gasteiger partial charge in [0.15, 0.2) is 0 Å². The number of fused-ring (bicyclic) bond motifs is 1. The Balaban J connectivity index is 1.37. The van der Waals surface area contributed by atoms with Crippen LogP contribution in [0.15, 0.2) is 59.8 Å². The minimum Gasteiger partial charge on any atom is -0.324 e. The van der Waals surface area contributed by atoms with Crippen LogP contribution >= 0.6 is 11.8 Å². The van der Waals surface area contributed by atoms with Crippen molar-refractivity contribution in [3.8, 4) is 5.69 Å². The van der Waals surface area contributed by atoms with Gasteiger partial charge in [0, 0.05) is 18.4 Å². The van der Waals surface area contributed by atoms with Crippen LogP contribution in [0.4, 0.5) is 11.4 Å². The van der Waals surface area contributed by atoms with Crippen molar-refractivity contribution in [2.24, 2.45) is 0 Å². The summed E-state index contributed by atoms with van der Waals surface area (Å²) < 4.78 is 1.90. The Hall–Kier alpha value is -3.13. The molecule has 1 aromatic heterocycles. The molecule has 1 atom stereocenters. The number of hydrogen-bond acceptors (Lipinski definition) is 5. The molecule has 1 fully saturated rings. The van der Waals surface area contributed by atoms with Crippen LogP contribution in [0, 0.1) is 0 Å². The number of aromatic nitrogens is 3. The quantitative estimate of drug-likeness (QED) is 0.615. The lowest BCUT2D eigenvalue weighted by atomic mass is 10.2. The molecule has 2 aliphatic rings. The second kappa shape index (κ2) is 8.19. The fourth-order valence-corrected chi connectivity index (χ4v) is 4.58. The minimum atomic E-state index is -0.228. The monoisotopic (exact) mass is 433 g/mol. The van der Waals surface area contributed by atoms with Gasteiger partial charge in [-0.25, -0.2) is 9.67 Å². The van der Waals surface area contributed by atoms with Gasteiger partial charge in [0.2, 0.25) is 17.0 Å². The zero-order chi connectivity index (χ0) is 21.4. The Morgan fingerprint density at radius 2 is 1.87 bits per heavy atom. The summed E-state index contributed by atoms with van der Waals surface area (Å²) in [6, 6.07) is 17.2. The second-order valence-electron chi connectivity index (χ2n) is 7.95. The van der Waals surface area contributed by atoms with Gasteiger partial charge in [-0.05, 0) is 44.0 Å². The van der Waals surface area contributed by atoms with Crippen LogP contribution in [0.3, 0.4) is 0 Å². The van der Waals surface area contributed by atoms with E-state index in [0.29, 0.717) is 16.8 Å². The standard InChI is InChI=1S/C23H23N5O2S/c1-15-13-20(29)24-18-9-5-6-10-19(18)27(15)21(30)14-31-23-25-22(16-11-12-16)28(26-23)17-7-3-2-4-8-17/h2-10,15-16H,11-14H2,1H3,(H,24,29)/t15-/m1/s1. The van der Waals surface area contributed by atoms with Gasteiger partial charge in [-0.3, -0.25) is 9.59 Å². The maximum absolute atomic E-state index is 13.2. The second-order valence-corrected chi connectivity index (χ2v) is 8.89. The van der Waals surface area contributed by atoms with Crippen molar-refractivity contribution in [1.82, 2.24) is 14.8 Å². The number of carbonyl (C=O) groups is 2.